The molecule has 0 fully saturated rings. The standard InChI is InChI=1S/C18H13FN2O2S/c19-12-7-5-11(6-8-12)15-9-10-16(24-15)18(23)21-14-4-2-1-3-13(14)17(20)22/h1-10H,(H2,20,22)(H,21,23). The number of benzene rings is 2. The molecule has 0 atom stereocenters. The van der Waals surface area contributed by atoms with Crippen LogP contribution in [0.25, 0.3) is 10.4 Å². The van der Waals surface area contributed by atoms with Gasteiger partial charge in [0.25, 0.3) is 11.8 Å². The van der Waals surface area contributed by atoms with Gasteiger partial charge in [0, 0.05) is 4.88 Å². The Hall–Kier alpha value is -2.99. The Morgan fingerprint density at radius 1 is 0.958 bits per heavy atom. The molecule has 3 N–H and O–H groups in total. The Kier molecular flexibility index (Phi) is 4.39. The van der Waals surface area contributed by atoms with Gasteiger partial charge in [-0.05, 0) is 42.0 Å². The number of amides is 2. The van der Waals surface area contributed by atoms with E-state index in [0.717, 1.165) is 10.4 Å². The number of carbonyl (C=O) groups is 2. The maximum absolute atomic E-state index is 13.0. The first-order chi connectivity index (χ1) is 11.5. The number of carbonyl (C=O) groups excluding carboxylic acids is 2. The van der Waals surface area contributed by atoms with Crippen LogP contribution in [-0.4, -0.2) is 11.8 Å². The van der Waals surface area contributed by atoms with Crippen molar-refractivity contribution >= 4 is 28.8 Å². The lowest BCUT2D eigenvalue weighted by Gasteiger charge is -2.07. The third-order valence-electron chi connectivity index (χ3n) is 3.40. The second kappa shape index (κ2) is 6.64. The van der Waals surface area contributed by atoms with Crippen molar-refractivity contribution in [2.45, 2.75) is 0 Å². The van der Waals surface area contributed by atoms with Gasteiger partial charge in [0.15, 0.2) is 0 Å². The van der Waals surface area contributed by atoms with Gasteiger partial charge in [0.1, 0.15) is 5.82 Å². The average molecular weight is 340 g/mol. The summed E-state index contributed by atoms with van der Waals surface area (Å²) < 4.78 is 13.0. The lowest BCUT2D eigenvalue weighted by molar-refractivity contribution is 0.100. The van der Waals surface area contributed by atoms with Crippen molar-refractivity contribution in [2.24, 2.45) is 5.73 Å². The summed E-state index contributed by atoms with van der Waals surface area (Å²) in [5.74, 6) is -1.25. The number of hydrogen-bond donors (Lipinski definition) is 2. The van der Waals surface area contributed by atoms with Gasteiger partial charge < -0.3 is 11.1 Å². The maximum atomic E-state index is 13.0. The third-order valence-corrected chi connectivity index (χ3v) is 4.53. The monoisotopic (exact) mass is 340 g/mol. The number of rotatable bonds is 4. The summed E-state index contributed by atoms with van der Waals surface area (Å²) in [5.41, 5.74) is 6.75. The molecule has 0 bridgehead atoms. The maximum Gasteiger partial charge on any atom is 0.265 e. The van der Waals surface area contributed by atoms with Crippen LogP contribution < -0.4 is 11.1 Å². The summed E-state index contributed by atoms with van der Waals surface area (Å²) in [6.07, 6.45) is 0. The molecule has 6 heteroatoms. The van der Waals surface area contributed by atoms with Gasteiger partial charge in [-0.25, -0.2) is 4.39 Å². The molecule has 3 aromatic rings. The lowest BCUT2D eigenvalue weighted by Crippen LogP contribution is -2.17. The number of nitrogens with two attached hydrogens (primary N) is 1. The molecular weight excluding hydrogens is 327 g/mol. The van der Waals surface area contributed by atoms with Crippen LogP contribution in [0.2, 0.25) is 0 Å². The van der Waals surface area contributed by atoms with Crippen molar-refractivity contribution < 1.29 is 14.0 Å². The summed E-state index contributed by atoms with van der Waals surface area (Å²) in [4.78, 5) is 25.1. The van der Waals surface area contributed by atoms with Crippen molar-refractivity contribution in [3.05, 3.63) is 76.9 Å². The average Bonchev–Trinajstić information content (AvgIpc) is 3.06. The molecule has 0 spiro atoms. The number of halogens is 1. The highest BCUT2D eigenvalue weighted by molar-refractivity contribution is 7.17. The van der Waals surface area contributed by atoms with Crippen LogP contribution in [-0.2, 0) is 0 Å². The Balaban J connectivity index is 1.82. The quantitative estimate of drug-likeness (QED) is 0.756. The highest BCUT2D eigenvalue weighted by Crippen LogP contribution is 2.29. The summed E-state index contributed by atoms with van der Waals surface area (Å²) in [6.45, 7) is 0. The van der Waals surface area contributed by atoms with Crippen LogP contribution in [0.15, 0.2) is 60.7 Å². The number of primary amides is 1. The molecular formula is C18H13FN2O2S. The molecule has 0 unspecified atom stereocenters. The molecule has 0 aliphatic rings. The highest BCUT2D eigenvalue weighted by atomic mass is 32.1. The molecule has 3 rings (SSSR count). The molecule has 1 aromatic heterocycles. The molecule has 0 saturated heterocycles. The summed E-state index contributed by atoms with van der Waals surface area (Å²) in [6, 6.07) is 16.1. The lowest BCUT2D eigenvalue weighted by atomic mass is 10.1. The topological polar surface area (TPSA) is 72.2 Å². The first-order valence-corrected chi connectivity index (χ1v) is 7.92. The van der Waals surface area contributed by atoms with E-state index in [9.17, 15) is 14.0 Å². The molecule has 1 heterocycles. The third kappa shape index (κ3) is 3.33. The van der Waals surface area contributed by atoms with E-state index in [2.05, 4.69) is 5.32 Å². The number of anilines is 1. The second-order valence-electron chi connectivity index (χ2n) is 5.03. The van der Waals surface area contributed by atoms with Gasteiger partial charge in [-0.15, -0.1) is 11.3 Å². The Morgan fingerprint density at radius 2 is 1.67 bits per heavy atom. The molecule has 0 aliphatic carbocycles. The van der Waals surface area contributed by atoms with Crippen molar-refractivity contribution in [1.29, 1.82) is 0 Å². The van der Waals surface area contributed by atoms with Crippen LogP contribution in [0.5, 0.6) is 0 Å². The van der Waals surface area contributed by atoms with Crippen LogP contribution in [0, 0.1) is 5.82 Å². The van der Waals surface area contributed by atoms with Crippen LogP contribution in [0.4, 0.5) is 10.1 Å². The zero-order valence-electron chi connectivity index (χ0n) is 12.5. The van der Waals surface area contributed by atoms with Crippen LogP contribution in [0.3, 0.4) is 0 Å². The van der Waals surface area contributed by atoms with E-state index < -0.39 is 5.91 Å². The summed E-state index contributed by atoms with van der Waals surface area (Å²) in [7, 11) is 0. The fourth-order valence-corrected chi connectivity index (χ4v) is 3.13. The van der Waals surface area contributed by atoms with E-state index >= 15 is 0 Å². The van der Waals surface area contributed by atoms with Crippen LogP contribution >= 0.6 is 11.3 Å². The molecule has 0 saturated carbocycles. The van der Waals surface area contributed by atoms with E-state index in [4.69, 9.17) is 5.73 Å². The molecule has 2 aromatic carbocycles. The van der Waals surface area contributed by atoms with Gasteiger partial charge >= 0.3 is 0 Å². The van der Waals surface area contributed by atoms with E-state index in [1.807, 2.05) is 0 Å². The minimum absolute atomic E-state index is 0.251. The molecule has 2 amide bonds. The van der Waals surface area contributed by atoms with Gasteiger partial charge in [-0.3, -0.25) is 9.59 Å². The van der Waals surface area contributed by atoms with Crippen molar-refractivity contribution in [3.8, 4) is 10.4 Å². The zero-order chi connectivity index (χ0) is 17.1. The Bertz CT molecular complexity index is 903. The summed E-state index contributed by atoms with van der Waals surface area (Å²) in [5, 5.41) is 2.69. The molecule has 4 nitrogen and oxygen atoms in total. The number of hydrogen-bond acceptors (Lipinski definition) is 3. The van der Waals surface area contributed by atoms with E-state index in [1.165, 1.54) is 23.5 Å². The molecule has 24 heavy (non-hydrogen) atoms. The van der Waals surface area contributed by atoms with Gasteiger partial charge in [-0.2, -0.15) is 0 Å². The molecule has 120 valence electrons. The largest absolute Gasteiger partial charge is 0.366 e. The van der Waals surface area contributed by atoms with Crippen molar-refractivity contribution in [2.75, 3.05) is 5.32 Å². The summed E-state index contributed by atoms with van der Waals surface area (Å²) >= 11 is 1.28. The molecule has 0 radical (unpaired) electrons. The molecule has 0 aliphatic heterocycles. The zero-order valence-corrected chi connectivity index (χ0v) is 13.3. The first kappa shape index (κ1) is 15.9. The second-order valence-corrected chi connectivity index (χ2v) is 6.12. The fourth-order valence-electron chi connectivity index (χ4n) is 2.22. The van der Waals surface area contributed by atoms with Crippen molar-refractivity contribution in [1.82, 2.24) is 0 Å². The smallest absolute Gasteiger partial charge is 0.265 e. The van der Waals surface area contributed by atoms with E-state index in [0.29, 0.717) is 10.6 Å². The SMILES string of the molecule is NC(=O)c1ccccc1NC(=O)c1ccc(-c2ccc(F)cc2)s1. The Labute approximate surface area is 141 Å². The fraction of sp³-hybridized carbons (Fsp3) is 0. The minimum atomic E-state index is -0.607. The van der Waals surface area contributed by atoms with Crippen LogP contribution in [0.1, 0.15) is 20.0 Å². The highest BCUT2D eigenvalue weighted by Gasteiger charge is 2.14. The van der Waals surface area contributed by atoms with Gasteiger partial charge in [0.2, 0.25) is 0 Å². The predicted molar refractivity (Wildman–Crippen MR) is 92.6 cm³/mol. The van der Waals surface area contributed by atoms with Gasteiger partial charge in [0.05, 0.1) is 16.1 Å². The normalized spacial score (nSPS) is 10.4. The van der Waals surface area contributed by atoms with E-state index in [-0.39, 0.29) is 17.3 Å². The van der Waals surface area contributed by atoms with Gasteiger partial charge in [-0.1, -0.05) is 24.3 Å². The minimum Gasteiger partial charge on any atom is -0.366 e. The van der Waals surface area contributed by atoms with E-state index in [1.54, 1.807) is 48.5 Å². The number of nitrogens with one attached hydrogen (secondary N) is 1. The number of para-hydroxylation sites is 1. The van der Waals surface area contributed by atoms with Crippen molar-refractivity contribution in [3.63, 3.8) is 0 Å². The Morgan fingerprint density at radius 3 is 2.38 bits per heavy atom. The predicted octanol–water partition coefficient (Wildman–Crippen LogP) is 3.91. The first-order valence-electron chi connectivity index (χ1n) is 7.10. The number of thiophene rings is 1.